The first kappa shape index (κ1) is 13.4. The highest BCUT2D eigenvalue weighted by Gasteiger charge is 2.27. The molecule has 17 heavy (non-hydrogen) atoms. The van der Waals surface area contributed by atoms with E-state index in [0.29, 0.717) is 12.2 Å². The maximum absolute atomic E-state index is 11.8. The second-order valence-electron chi connectivity index (χ2n) is 3.63. The number of halogens is 3. The minimum Gasteiger partial charge on any atom is -0.469 e. The van der Waals surface area contributed by atoms with Crippen molar-refractivity contribution in [2.45, 2.75) is 25.6 Å². The van der Waals surface area contributed by atoms with Crippen molar-refractivity contribution >= 4 is 6.03 Å². The van der Waals surface area contributed by atoms with Gasteiger partial charge in [-0.2, -0.15) is 13.2 Å². The lowest BCUT2D eigenvalue weighted by Gasteiger charge is -2.14. The highest BCUT2D eigenvalue weighted by molar-refractivity contribution is 5.74. The number of urea groups is 1. The predicted octanol–water partition coefficient (Wildman–Crippen LogP) is 2.07. The number of nitrogens with one attached hydrogen (secondary N) is 2. The lowest BCUT2D eigenvalue weighted by molar-refractivity contribution is -0.122. The molecule has 96 valence electrons. The molecule has 2 amide bonds. The normalized spacial score (nSPS) is 13.2. The van der Waals surface area contributed by atoms with Gasteiger partial charge in [-0.05, 0) is 19.1 Å². The number of carbonyl (C=O) groups is 1. The van der Waals surface area contributed by atoms with Gasteiger partial charge in [0.15, 0.2) is 0 Å². The summed E-state index contributed by atoms with van der Waals surface area (Å²) in [6.07, 6.45) is -2.49. The molecule has 0 aliphatic carbocycles. The summed E-state index contributed by atoms with van der Waals surface area (Å²) >= 11 is 0. The summed E-state index contributed by atoms with van der Waals surface area (Å²) in [5.74, 6) is 0.661. The third-order valence-electron chi connectivity index (χ3n) is 1.91. The smallest absolute Gasteiger partial charge is 0.405 e. The van der Waals surface area contributed by atoms with E-state index in [-0.39, 0.29) is 6.04 Å². The Morgan fingerprint density at radius 3 is 2.76 bits per heavy atom. The Labute approximate surface area is 96.2 Å². The standard InChI is InChI=1S/C10H13F3N2O2/c1-7(5-8-3-2-4-17-8)15-9(16)14-6-10(11,12)13/h2-4,7H,5-6H2,1H3,(H2,14,15,16). The van der Waals surface area contributed by atoms with Crippen LogP contribution in [-0.4, -0.2) is 24.8 Å². The minimum absolute atomic E-state index is 0.311. The molecule has 0 aromatic carbocycles. The largest absolute Gasteiger partial charge is 0.469 e. The molecule has 1 atom stereocenters. The van der Waals surface area contributed by atoms with Crippen LogP contribution in [0.4, 0.5) is 18.0 Å². The third-order valence-corrected chi connectivity index (χ3v) is 1.91. The van der Waals surface area contributed by atoms with E-state index in [9.17, 15) is 18.0 Å². The monoisotopic (exact) mass is 250 g/mol. The molecule has 0 aliphatic heterocycles. The van der Waals surface area contributed by atoms with Crippen LogP contribution in [0.25, 0.3) is 0 Å². The van der Waals surface area contributed by atoms with Gasteiger partial charge in [0.1, 0.15) is 12.3 Å². The molecule has 0 bridgehead atoms. The molecule has 1 aromatic rings. The van der Waals surface area contributed by atoms with E-state index >= 15 is 0 Å². The van der Waals surface area contributed by atoms with Crippen molar-refractivity contribution in [3.8, 4) is 0 Å². The van der Waals surface area contributed by atoms with E-state index in [2.05, 4.69) is 5.32 Å². The lowest BCUT2D eigenvalue weighted by atomic mass is 10.2. The Morgan fingerprint density at radius 1 is 1.53 bits per heavy atom. The summed E-state index contributed by atoms with van der Waals surface area (Å²) in [4.78, 5) is 11.1. The second kappa shape index (κ2) is 5.60. The van der Waals surface area contributed by atoms with E-state index in [0.717, 1.165) is 0 Å². The van der Waals surface area contributed by atoms with Gasteiger partial charge in [-0.3, -0.25) is 0 Å². The van der Waals surface area contributed by atoms with Crippen LogP contribution >= 0.6 is 0 Å². The van der Waals surface area contributed by atoms with Gasteiger partial charge in [-0.1, -0.05) is 0 Å². The average molecular weight is 250 g/mol. The average Bonchev–Trinajstić information content (AvgIpc) is 2.66. The maximum atomic E-state index is 11.8. The zero-order chi connectivity index (χ0) is 12.9. The van der Waals surface area contributed by atoms with Crippen LogP contribution < -0.4 is 10.6 Å². The van der Waals surface area contributed by atoms with Gasteiger partial charge in [0.25, 0.3) is 0 Å². The van der Waals surface area contributed by atoms with Gasteiger partial charge in [0.2, 0.25) is 0 Å². The molecule has 1 heterocycles. The van der Waals surface area contributed by atoms with Gasteiger partial charge in [0, 0.05) is 12.5 Å². The first-order valence-electron chi connectivity index (χ1n) is 5.00. The maximum Gasteiger partial charge on any atom is 0.405 e. The molecule has 7 heteroatoms. The Kier molecular flexibility index (Phi) is 4.42. The molecule has 0 saturated heterocycles. The number of carbonyl (C=O) groups excluding carboxylic acids is 1. The molecule has 0 spiro atoms. The molecule has 2 N–H and O–H groups in total. The van der Waals surface area contributed by atoms with Gasteiger partial charge in [-0.15, -0.1) is 0 Å². The molecular formula is C10H13F3N2O2. The van der Waals surface area contributed by atoms with Crippen molar-refractivity contribution in [1.29, 1.82) is 0 Å². The molecule has 0 radical (unpaired) electrons. The van der Waals surface area contributed by atoms with Crippen molar-refractivity contribution in [1.82, 2.24) is 10.6 Å². The minimum atomic E-state index is -4.40. The number of hydrogen-bond donors (Lipinski definition) is 2. The molecule has 0 fully saturated rings. The van der Waals surface area contributed by atoms with Crippen LogP contribution in [0.1, 0.15) is 12.7 Å². The zero-order valence-electron chi connectivity index (χ0n) is 9.17. The van der Waals surface area contributed by atoms with Crippen LogP contribution in [0, 0.1) is 0 Å². The summed E-state index contributed by atoms with van der Waals surface area (Å²) in [6.45, 7) is 0.335. The number of rotatable bonds is 4. The van der Waals surface area contributed by atoms with Crippen LogP contribution in [0.5, 0.6) is 0 Å². The fraction of sp³-hybridized carbons (Fsp3) is 0.500. The number of alkyl halides is 3. The number of amides is 2. The highest BCUT2D eigenvalue weighted by Crippen LogP contribution is 2.12. The lowest BCUT2D eigenvalue weighted by Crippen LogP contribution is -2.44. The van der Waals surface area contributed by atoms with Crippen molar-refractivity contribution in [2.24, 2.45) is 0 Å². The fourth-order valence-electron chi connectivity index (χ4n) is 1.24. The molecule has 1 rings (SSSR count). The Hall–Kier alpha value is -1.66. The third kappa shape index (κ3) is 5.84. The first-order valence-corrected chi connectivity index (χ1v) is 5.00. The molecule has 0 saturated carbocycles. The summed E-state index contributed by atoms with van der Waals surface area (Å²) in [7, 11) is 0. The molecule has 4 nitrogen and oxygen atoms in total. The van der Waals surface area contributed by atoms with Crippen LogP contribution in [0.2, 0.25) is 0 Å². The molecular weight excluding hydrogens is 237 g/mol. The topological polar surface area (TPSA) is 54.3 Å². The van der Waals surface area contributed by atoms with Crippen LogP contribution in [0.15, 0.2) is 22.8 Å². The van der Waals surface area contributed by atoms with E-state index in [1.165, 1.54) is 6.26 Å². The van der Waals surface area contributed by atoms with Crippen LogP contribution in [-0.2, 0) is 6.42 Å². The quantitative estimate of drug-likeness (QED) is 0.859. The molecule has 1 aromatic heterocycles. The second-order valence-corrected chi connectivity index (χ2v) is 3.63. The van der Waals surface area contributed by atoms with Crippen molar-refractivity contribution < 1.29 is 22.4 Å². The van der Waals surface area contributed by atoms with E-state index < -0.39 is 18.8 Å². The van der Waals surface area contributed by atoms with Gasteiger partial charge < -0.3 is 15.1 Å². The Balaban J connectivity index is 2.26. The highest BCUT2D eigenvalue weighted by atomic mass is 19.4. The van der Waals surface area contributed by atoms with Gasteiger partial charge >= 0.3 is 12.2 Å². The van der Waals surface area contributed by atoms with E-state index in [1.807, 2.05) is 0 Å². The van der Waals surface area contributed by atoms with Crippen LogP contribution in [0.3, 0.4) is 0 Å². The first-order chi connectivity index (χ1) is 7.87. The summed E-state index contributed by atoms with van der Waals surface area (Å²) in [5.41, 5.74) is 0. The van der Waals surface area contributed by atoms with Crippen molar-refractivity contribution in [3.63, 3.8) is 0 Å². The SMILES string of the molecule is CC(Cc1ccco1)NC(=O)NCC(F)(F)F. The summed E-state index contributed by atoms with van der Waals surface area (Å²) in [5, 5.41) is 4.11. The predicted molar refractivity (Wildman–Crippen MR) is 54.5 cm³/mol. The van der Waals surface area contributed by atoms with E-state index in [1.54, 1.807) is 24.4 Å². The number of hydrogen-bond acceptors (Lipinski definition) is 2. The van der Waals surface area contributed by atoms with Crippen molar-refractivity contribution in [3.05, 3.63) is 24.2 Å². The Morgan fingerprint density at radius 2 is 2.24 bits per heavy atom. The summed E-state index contributed by atoms with van der Waals surface area (Å²) < 4.78 is 40.5. The Bertz CT molecular complexity index is 349. The van der Waals surface area contributed by atoms with E-state index in [4.69, 9.17) is 4.42 Å². The fourth-order valence-corrected chi connectivity index (χ4v) is 1.24. The van der Waals surface area contributed by atoms with Crippen molar-refractivity contribution in [2.75, 3.05) is 6.54 Å². The van der Waals surface area contributed by atoms with Gasteiger partial charge in [0.05, 0.1) is 6.26 Å². The summed E-state index contributed by atoms with van der Waals surface area (Å²) in [6, 6.07) is 2.27. The molecule has 0 aliphatic rings. The molecule has 1 unspecified atom stereocenters. The number of furan rings is 1. The zero-order valence-corrected chi connectivity index (χ0v) is 9.17. The van der Waals surface area contributed by atoms with Gasteiger partial charge in [-0.25, -0.2) is 4.79 Å².